The van der Waals surface area contributed by atoms with Crippen LogP contribution in [-0.4, -0.2) is 13.1 Å². The summed E-state index contributed by atoms with van der Waals surface area (Å²) in [5.41, 5.74) is 1.18. The molecule has 2 heterocycles. The van der Waals surface area contributed by atoms with Crippen LogP contribution in [0.25, 0.3) is 21.7 Å². The molecule has 0 bridgehead atoms. The molecule has 1 unspecified atom stereocenters. The van der Waals surface area contributed by atoms with Crippen molar-refractivity contribution in [3.63, 3.8) is 0 Å². The summed E-state index contributed by atoms with van der Waals surface area (Å²) in [6, 6.07) is 18.6. The van der Waals surface area contributed by atoms with E-state index in [4.69, 9.17) is 13.9 Å². The number of para-hydroxylation sites is 1. The first-order chi connectivity index (χ1) is 13.7. The molecule has 0 fully saturated rings. The highest BCUT2D eigenvalue weighted by molar-refractivity contribution is 5.94. The number of esters is 1. The summed E-state index contributed by atoms with van der Waals surface area (Å²) < 4.78 is 16.5. The number of hydrogen-bond acceptors (Lipinski definition) is 5. The summed E-state index contributed by atoms with van der Waals surface area (Å²) in [7, 11) is 1.62. The molecule has 1 atom stereocenters. The number of benzene rings is 3. The monoisotopic (exact) mass is 372 g/mol. The second kappa shape index (κ2) is 6.23. The molecule has 28 heavy (non-hydrogen) atoms. The first-order valence-corrected chi connectivity index (χ1v) is 8.99. The summed E-state index contributed by atoms with van der Waals surface area (Å²) in [6.45, 7) is 0. The van der Waals surface area contributed by atoms with Crippen LogP contribution in [-0.2, 0) is 4.79 Å². The van der Waals surface area contributed by atoms with Gasteiger partial charge in [0.25, 0.3) is 0 Å². The number of carbonyl (C=O) groups is 1. The topological polar surface area (TPSA) is 65.7 Å². The Kier molecular flexibility index (Phi) is 3.69. The largest absolute Gasteiger partial charge is 0.496 e. The summed E-state index contributed by atoms with van der Waals surface area (Å²) in [6.07, 6.45) is 0.0758. The number of hydrogen-bond donors (Lipinski definition) is 0. The molecule has 0 aliphatic carbocycles. The van der Waals surface area contributed by atoms with Gasteiger partial charge in [-0.15, -0.1) is 0 Å². The lowest BCUT2D eigenvalue weighted by Crippen LogP contribution is -2.26. The number of rotatable bonds is 2. The predicted octanol–water partition coefficient (Wildman–Crippen LogP) is 4.40. The molecule has 5 rings (SSSR count). The van der Waals surface area contributed by atoms with E-state index in [1.54, 1.807) is 25.3 Å². The van der Waals surface area contributed by atoms with Crippen molar-refractivity contribution in [3.05, 3.63) is 82.2 Å². The highest BCUT2D eigenvalue weighted by Gasteiger charge is 2.34. The number of ether oxygens (including phenoxy) is 2. The maximum Gasteiger partial charge on any atom is 0.343 e. The number of fused-ring (bicyclic) bond motifs is 4. The highest BCUT2D eigenvalue weighted by Crippen LogP contribution is 2.43. The minimum absolute atomic E-state index is 0.0758. The van der Waals surface area contributed by atoms with E-state index in [0.29, 0.717) is 22.3 Å². The molecular weight excluding hydrogens is 356 g/mol. The Morgan fingerprint density at radius 1 is 0.893 bits per heavy atom. The van der Waals surface area contributed by atoms with Crippen molar-refractivity contribution >= 4 is 27.7 Å². The Morgan fingerprint density at radius 2 is 1.61 bits per heavy atom. The third-order valence-electron chi connectivity index (χ3n) is 5.25. The SMILES string of the molecule is COc1ccc(C2CC(=O)Oc3c2c(=O)oc2ccccc32)c2ccccc12. The van der Waals surface area contributed by atoms with Crippen LogP contribution in [0.5, 0.6) is 11.5 Å². The predicted molar refractivity (Wildman–Crippen MR) is 105 cm³/mol. The van der Waals surface area contributed by atoms with Gasteiger partial charge in [0.15, 0.2) is 5.75 Å². The Hall–Kier alpha value is -3.60. The third kappa shape index (κ3) is 2.40. The summed E-state index contributed by atoms with van der Waals surface area (Å²) >= 11 is 0. The van der Waals surface area contributed by atoms with Crippen LogP contribution in [0, 0.1) is 0 Å². The smallest absolute Gasteiger partial charge is 0.343 e. The van der Waals surface area contributed by atoms with Gasteiger partial charge in [0.05, 0.1) is 24.5 Å². The van der Waals surface area contributed by atoms with Gasteiger partial charge in [-0.1, -0.05) is 42.5 Å². The average Bonchev–Trinajstić information content (AvgIpc) is 2.72. The van der Waals surface area contributed by atoms with Crippen molar-refractivity contribution < 1.29 is 18.7 Å². The van der Waals surface area contributed by atoms with Crippen LogP contribution >= 0.6 is 0 Å². The Morgan fingerprint density at radius 3 is 2.39 bits per heavy atom. The van der Waals surface area contributed by atoms with Crippen LogP contribution in [0.15, 0.2) is 69.9 Å². The second-order valence-electron chi connectivity index (χ2n) is 6.76. The molecule has 5 heteroatoms. The van der Waals surface area contributed by atoms with E-state index in [9.17, 15) is 9.59 Å². The van der Waals surface area contributed by atoms with Crippen molar-refractivity contribution in [2.45, 2.75) is 12.3 Å². The van der Waals surface area contributed by atoms with Gasteiger partial charge in [-0.05, 0) is 29.1 Å². The van der Waals surface area contributed by atoms with Gasteiger partial charge >= 0.3 is 11.6 Å². The van der Waals surface area contributed by atoms with E-state index in [1.165, 1.54) is 0 Å². The zero-order chi connectivity index (χ0) is 19.3. The first kappa shape index (κ1) is 16.6. The molecule has 5 nitrogen and oxygen atoms in total. The van der Waals surface area contributed by atoms with E-state index < -0.39 is 11.5 Å². The van der Waals surface area contributed by atoms with Gasteiger partial charge in [0.1, 0.15) is 11.3 Å². The quantitative estimate of drug-likeness (QED) is 0.385. The van der Waals surface area contributed by atoms with Crippen LogP contribution in [0.2, 0.25) is 0 Å². The van der Waals surface area contributed by atoms with Gasteiger partial charge in [-0.25, -0.2) is 4.79 Å². The van der Waals surface area contributed by atoms with E-state index in [2.05, 4.69) is 0 Å². The summed E-state index contributed by atoms with van der Waals surface area (Å²) in [5, 5.41) is 2.47. The maximum absolute atomic E-state index is 12.8. The molecule has 138 valence electrons. The Bertz CT molecular complexity index is 1300. The minimum atomic E-state index is -0.480. The lowest BCUT2D eigenvalue weighted by Gasteiger charge is -2.25. The molecule has 0 saturated heterocycles. The summed E-state index contributed by atoms with van der Waals surface area (Å²) in [4.78, 5) is 25.3. The molecule has 0 N–H and O–H groups in total. The normalized spacial score (nSPS) is 16.0. The molecule has 0 radical (unpaired) electrons. The van der Waals surface area contributed by atoms with Crippen molar-refractivity contribution in [2.75, 3.05) is 7.11 Å². The van der Waals surface area contributed by atoms with E-state index in [0.717, 1.165) is 22.1 Å². The average molecular weight is 372 g/mol. The molecular formula is C23H16O5. The van der Waals surface area contributed by atoms with Crippen LogP contribution < -0.4 is 15.1 Å². The first-order valence-electron chi connectivity index (χ1n) is 8.99. The molecule has 0 saturated carbocycles. The lowest BCUT2D eigenvalue weighted by atomic mass is 9.84. The lowest BCUT2D eigenvalue weighted by molar-refractivity contribution is -0.135. The zero-order valence-electron chi connectivity index (χ0n) is 15.1. The van der Waals surface area contributed by atoms with Crippen molar-refractivity contribution in [1.29, 1.82) is 0 Å². The fourth-order valence-electron chi connectivity index (χ4n) is 4.01. The van der Waals surface area contributed by atoms with E-state index in [-0.39, 0.29) is 12.4 Å². The Balaban J connectivity index is 1.83. The Labute approximate surface area is 160 Å². The third-order valence-corrected chi connectivity index (χ3v) is 5.25. The molecule has 0 spiro atoms. The van der Waals surface area contributed by atoms with Gasteiger partial charge in [-0.2, -0.15) is 0 Å². The fraction of sp³-hybridized carbons (Fsp3) is 0.130. The van der Waals surface area contributed by atoms with Gasteiger partial charge in [0, 0.05) is 11.3 Å². The minimum Gasteiger partial charge on any atom is -0.496 e. The molecule has 1 aliphatic rings. The van der Waals surface area contributed by atoms with Crippen molar-refractivity contribution in [1.82, 2.24) is 0 Å². The maximum atomic E-state index is 12.8. The van der Waals surface area contributed by atoms with E-state index in [1.807, 2.05) is 42.5 Å². The molecule has 1 aliphatic heterocycles. The molecule has 1 aromatic heterocycles. The number of methoxy groups -OCH3 is 1. The molecule has 3 aromatic carbocycles. The van der Waals surface area contributed by atoms with Crippen LogP contribution in [0.3, 0.4) is 0 Å². The standard InChI is InChI=1S/C23H16O5/c1-26-18-11-10-14(13-6-2-3-7-15(13)18)17-12-20(24)28-22-16-8-4-5-9-19(16)27-23(25)21(17)22/h2-11,17H,12H2,1H3. The van der Waals surface area contributed by atoms with Gasteiger partial charge in [-0.3, -0.25) is 4.79 Å². The van der Waals surface area contributed by atoms with Crippen LogP contribution in [0.4, 0.5) is 0 Å². The van der Waals surface area contributed by atoms with Crippen molar-refractivity contribution in [2.24, 2.45) is 0 Å². The van der Waals surface area contributed by atoms with Crippen molar-refractivity contribution in [3.8, 4) is 11.5 Å². The van der Waals surface area contributed by atoms with Gasteiger partial charge < -0.3 is 13.9 Å². The molecule has 0 amide bonds. The molecule has 4 aromatic rings. The van der Waals surface area contributed by atoms with E-state index >= 15 is 0 Å². The van der Waals surface area contributed by atoms with Gasteiger partial charge in [0.2, 0.25) is 0 Å². The van der Waals surface area contributed by atoms with Crippen LogP contribution in [0.1, 0.15) is 23.5 Å². The zero-order valence-corrected chi connectivity index (χ0v) is 15.1. The number of carbonyl (C=O) groups excluding carboxylic acids is 1. The fourth-order valence-corrected chi connectivity index (χ4v) is 4.01. The second-order valence-corrected chi connectivity index (χ2v) is 6.76. The highest BCUT2D eigenvalue weighted by atomic mass is 16.5. The summed E-state index contributed by atoms with van der Waals surface area (Å²) in [5.74, 6) is 0.220.